The minimum atomic E-state index is 0.283. The lowest BCUT2D eigenvalue weighted by molar-refractivity contribution is 0.0610. The maximum Gasteiger partial charge on any atom is 0.0572 e. The van der Waals surface area contributed by atoms with Crippen molar-refractivity contribution >= 4 is 11.8 Å². The van der Waals surface area contributed by atoms with Gasteiger partial charge in [0.1, 0.15) is 0 Å². The van der Waals surface area contributed by atoms with Crippen molar-refractivity contribution in [2.24, 2.45) is 0 Å². The van der Waals surface area contributed by atoms with Gasteiger partial charge in [0.25, 0.3) is 0 Å². The lowest BCUT2D eigenvalue weighted by Gasteiger charge is -2.31. The van der Waals surface area contributed by atoms with Crippen molar-refractivity contribution in [2.75, 3.05) is 25.7 Å². The fourth-order valence-corrected chi connectivity index (χ4v) is 3.04. The van der Waals surface area contributed by atoms with Crippen molar-refractivity contribution in [3.63, 3.8) is 0 Å². The highest BCUT2D eigenvalue weighted by molar-refractivity contribution is 7.98. The van der Waals surface area contributed by atoms with Crippen LogP contribution in [-0.4, -0.2) is 49.0 Å². The first-order chi connectivity index (χ1) is 7.80. The second kappa shape index (κ2) is 8.34. The number of methoxy groups -OCH3 is 1. The van der Waals surface area contributed by atoms with Crippen molar-refractivity contribution < 1.29 is 9.84 Å². The van der Waals surface area contributed by atoms with E-state index in [4.69, 9.17) is 9.84 Å². The highest BCUT2D eigenvalue weighted by Gasteiger charge is 2.22. The zero-order valence-electron chi connectivity index (χ0n) is 10.4. The van der Waals surface area contributed by atoms with Crippen LogP contribution in [0.4, 0.5) is 0 Å². The minimum absolute atomic E-state index is 0.283. The van der Waals surface area contributed by atoms with E-state index in [1.807, 2.05) is 11.8 Å². The molecular formula is C12H25NO2S. The molecule has 1 aliphatic carbocycles. The highest BCUT2D eigenvalue weighted by atomic mass is 32.2. The summed E-state index contributed by atoms with van der Waals surface area (Å²) >= 11 is 1.85. The van der Waals surface area contributed by atoms with Crippen LogP contribution in [0.25, 0.3) is 0 Å². The third-order valence-electron chi connectivity index (χ3n) is 3.32. The fraction of sp³-hybridized carbons (Fsp3) is 1.00. The maximum atomic E-state index is 9.00. The molecule has 0 saturated heterocycles. The van der Waals surface area contributed by atoms with Crippen LogP contribution in [0, 0.1) is 0 Å². The van der Waals surface area contributed by atoms with Gasteiger partial charge in [-0.1, -0.05) is 0 Å². The van der Waals surface area contributed by atoms with Crippen molar-refractivity contribution in [1.82, 2.24) is 5.32 Å². The van der Waals surface area contributed by atoms with Crippen molar-refractivity contribution in [2.45, 2.75) is 50.3 Å². The molecule has 0 bridgehead atoms. The van der Waals surface area contributed by atoms with Gasteiger partial charge < -0.3 is 15.2 Å². The molecule has 3 nitrogen and oxygen atoms in total. The van der Waals surface area contributed by atoms with Crippen LogP contribution in [0.2, 0.25) is 0 Å². The molecule has 1 unspecified atom stereocenters. The van der Waals surface area contributed by atoms with Crippen molar-refractivity contribution in [3.05, 3.63) is 0 Å². The minimum Gasteiger partial charge on any atom is -0.396 e. The van der Waals surface area contributed by atoms with E-state index in [0.29, 0.717) is 18.2 Å². The van der Waals surface area contributed by atoms with Gasteiger partial charge in [0, 0.05) is 31.6 Å². The molecule has 1 fully saturated rings. The van der Waals surface area contributed by atoms with Crippen LogP contribution in [0.15, 0.2) is 0 Å². The quantitative estimate of drug-likeness (QED) is 0.718. The molecule has 1 aliphatic rings. The molecule has 1 saturated carbocycles. The standard InChI is InChI=1S/C12H25NO2S/c1-15-12-5-3-10(4-6-12)13-11(7-8-14)9-16-2/h10-14H,3-9H2,1-2H3. The van der Waals surface area contributed by atoms with E-state index in [1.54, 1.807) is 7.11 Å². The summed E-state index contributed by atoms with van der Waals surface area (Å²) < 4.78 is 5.37. The van der Waals surface area contributed by atoms with Crippen molar-refractivity contribution in [3.8, 4) is 0 Å². The Morgan fingerprint density at radius 2 is 2.06 bits per heavy atom. The molecule has 4 heteroatoms. The summed E-state index contributed by atoms with van der Waals surface area (Å²) in [5.41, 5.74) is 0. The van der Waals surface area contributed by atoms with Crippen LogP contribution < -0.4 is 5.32 Å². The summed E-state index contributed by atoms with van der Waals surface area (Å²) in [5.74, 6) is 1.09. The van der Waals surface area contributed by atoms with E-state index >= 15 is 0 Å². The molecule has 0 aromatic heterocycles. The third kappa shape index (κ3) is 5.04. The monoisotopic (exact) mass is 247 g/mol. The number of aliphatic hydroxyl groups is 1. The number of nitrogens with one attached hydrogen (secondary N) is 1. The van der Waals surface area contributed by atoms with Gasteiger partial charge in [0.15, 0.2) is 0 Å². The third-order valence-corrected chi connectivity index (χ3v) is 4.06. The van der Waals surface area contributed by atoms with E-state index in [9.17, 15) is 0 Å². The molecule has 0 heterocycles. The van der Waals surface area contributed by atoms with Crippen LogP contribution in [-0.2, 0) is 4.74 Å². The van der Waals surface area contributed by atoms with Crippen LogP contribution in [0.3, 0.4) is 0 Å². The molecule has 0 amide bonds. The van der Waals surface area contributed by atoms with Gasteiger partial charge in [0.05, 0.1) is 6.10 Å². The zero-order valence-corrected chi connectivity index (χ0v) is 11.3. The topological polar surface area (TPSA) is 41.5 Å². The fourth-order valence-electron chi connectivity index (χ4n) is 2.37. The van der Waals surface area contributed by atoms with Crippen LogP contribution in [0.5, 0.6) is 0 Å². The number of rotatable bonds is 7. The van der Waals surface area contributed by atoms with Crippen LogP contribution in [0.1, 0.15) is 32.1 Å². The van der Waals surface area contributed by atoms with E-state index < -0.39 is 0 Å². The Balaban J connectivity index is 2.24. The smallest absolute Gasteiger partial charge is 0.0572 e. The van der Waals surface area contributed by atoms with Crippen LogP contribution >= 0.6 is 11.8 Å². The van der Waals surface area contributed by atoms with Gasteiger partial charge in [-0.05, 0) is 38.4 Å². The van der Waals surface area contributed by atoms with Gasteiger partial charge >= 0.3 is 0 Å². The Labute approximate surface area is 103 Å². The summed E-state index contributed by atoms with van der Waals surface area (Å²) in [6.07, 6.45) is 8.19. The average molecular weight is 247 g/mol. The number of hydrogen-bond acceptors (Lipinski definition) is 4. The predicted octanol–water partition coefficient (Wildman–Crippen LogP) is 1.65. The van der Waals surface area contributed by atoms with E-state index in [1.165, 1.54) is 25.7 Å². The number of ether oxygens (including phenoxy) is 1. The molecule has 2 N–H and O–H groups in total. The normalized spacial score (nSPS) is 27.9. The van der Waals surface area contributed by atoms with E-state index in [-0.39, 0.29) is 6.61 Å². The second-order valence-electron chi connectivity index (χ2n) is 4.54. The number of hydrogen-bond donors (Lipinski definition) is 2. The molecule has 16 heavy (non-hydrogen) atoms. The predicted molar refractivity (Wildman–Crippen MR) is 70.1 cm³/mol. The van der Waals surface area contributed by atoms with Gasteiger partial charge in [-0.25, -0.2) is 0 Å². The average Bonchev–Trinajstić information content (AvgIpc) is 2.31. The van der Waals surface area contributed by atoms with E-state index in [0.717, 1.165) is 12.2 Å². The molecule has 0 aromatic rings. The first kappa shape index (κ1) is 14.3. The van der Waals surface area contributed by atoms with Gasteiger partial charge in [-0.2, -0.15) is 11.8 Å². The first-order valence-electron chi connectivity index (χ1n) is 6.18. The first-order valence-corrected chi connectivity index (χ1v) is 7.58. The Morgan fingerprint density at radius 1 is 1.38 bits per heavy atom. The lowest BCUT2D eigenvalue weighted by atomic mass is 9.92. The second-order valence-corrected chi connectivity index (χ2v) is 5.45. The highest BCUT2D eigenvalue weighted by Crippen LogP contribution is 2.21. The number of thioether (sulfide) groups is 1. The largest absolute Gasteiger partial charge is 0.396 e. The molecule has 1 rings (SSSR count). The lowest BCUT2D eigenvalue weighted by Crippen LogP contribution is -2.43. The summed E-state index contributed by atoms with van der Waals surface area (Å²) in [7, 11) is 1.81. The Hall–Kier alpha value is 0.230. The summed E-state index contributed by atoms with van der Waals surface area (Å²) in [5, 5.41) is 12.7. The van der Waals surface area contributed by atoms with Gasteiger partial charge in [0.2, 0.25) is 0 Å². The van der Waals surface area contributed by atoms with Gasteiger partial charge in [-0.15, -0.1) is 0 Å². The molecule has 0 aliphatic heterocycles. The molecule has 0 aromatic carbocycles. The molecule has 96 valence electrons. The summed E-state index contributed by atoms with van der Waals surface area (Å²) in [6, 6.07) is 1.08. The SMILES string of the molecule is COC1CCC(NC(CCO)CSC)CC1. The Morgan fingerprint density at radius 3 is 2.56 bits per heavy atom. The summed E-state index contributed by atoms with van der Waals surface area (Å²) in [4.78, 5) is 0. The Kier molecular flexibility index (Phi) is 7.45. The van der Waals surface area contributed by atoms with Crippen molar-refractivity contribution in [1.29, 1.82) is 0 Å². The van der Waals surface area contributed by atoms with Gasteiger partial charge in [-0.3, -0.25) is 0 Å². The molecule has 1 atom stereocenters. The zero-order chi connectivity index (χ0) is 11.8. The molecular weight excluding hydrogens is 222 g/mol. The van der Waals surface area contributed by atoms with E-state index in [2.05, 4.69) is 11.6 Å². The Bertz CT molecular complexity index is 166. The number of aliphatic hydroxyl groups excluding tert-OH is 1. The maximum absolute atomic E-state index is 9.00. The summed E-state index contributed by atoms with van der Waals surface area (Å²) in [6.45, 7) is 0.283. The molecule has 0 radical (unpaired) electrons. The molecule has 0 spiro atoms.